The second kappa shape index (κ2) is 8.01. The van der Waals surface area contributed by atoms with Crippen molar-refractivity contribution in [3.05, 3.63) is 48.0 Å². The molecule has 0 aliphatic carbocycles. The summed E-state index contributed by atoms with van der Waals surface area (Å²) in [6.45, 7) is 0.466. The second-order valence-corrected chi connectivity index (χ2v) is 7.68. The molecule has 3 N–H and O–H groups in total. The van der Waals surface area contributed by atoms with E-state index in [1.807, 2.05) is 0 Å². The standard InChI is InChI=1S/C22H20N4O7/c27-18(24-20(29)23-13-5-6-16-17(11-13)33-10-9-32-16)12-26-19(28)22(25-21(26)30)7-8-31-15-4-2-1-3-14(15)22/h1-6,11H,7-10,12H2,(H,25,30)(H2,23,24,27,29). The maximum atomic E-state index is 13.2. The SMILES string of the molecule is O=C(CN1C(=O)NC2(CCOc3ccccc32)C1=O)NC(=O)Nc1ccc2c(c1)OCCO2. The minimum Gasteiger partial charge on any atom is -0.493 e. The Balaban J connectivity index is 1.24. The van der Waals surface area contributed by atoms with Gasteiger partial charge in [0.25, 0.3) is 5.91 Å². The number of hydrogen-bond acceptors (Lipinski definition) is 7. The number of carbonyl (C=O) groups excluding carboxylic acids is 4. The first-order valence-electron chi connectivity index (χ1n) is 10.3. The lowest BCUT2D eigenvalue weighted by atomic mass is 9.84. The van der Waals surface area contributed by atoms with Gasteiger partial charge in [-0.3, -0.25) is 19.8 Å². The van der Waals surface area contributed by atoms with Crippen LogP contribution in [0.5, 0.6) is 17.2 Å². The number of benzene rings is 2. The average molecular weight is 452 g/mol. The average Bonchev–Trinajstić information content (AvgIpc) is 3.04. The van der Waals surface area contributed by atoms with Gasteiger partial charge in [-0.25, -0.2) is 9.59 Å². The lowest BCUT2D eigenvalue weighted by Gasteiger charge is -2.33. The number of fused-ring (bicyclic) bond motifs is 3. The molecular weight excluding hydrogens is 432 g/mol. The molecule has 0 bridgehead atoms. The van der Waals surface area contributed by atoms with Crippen LogP contribution in [0, 0.1) is 0 Å². The largest absolute Gasteiger partial charge is 0.493 e. The van der Waals surface area contributed by atoms with Crippen molar-refractivity contribution < 1.29 is 33.4 Å². The number of anilines is 1. The number of nitrogens with zero attached hydrogens (tertiary/aromatic N) is 1. The molecule has 6 amide bonds. The van der Waals surface area contributed by atoms with E-state index in [1.54, 1.807) is 42.5 Å². The molecule has 3 heterocycles. The van der Waals surface area contributed by atoms with E-state index in [9.17, 15) is 19.2 Å². The van der Waals surface area contributed by atoms with Gasteiger partial charge < -0.3 is 24.8 Å². The molecule has 0 saturated carbocycles. The van der Waals surface area contributed by atoms with Crippen molar-refractivity contribution in [2.45, 2.75) is 12.0 Å². The van der Waals surface area contributed by atoms with Crippen molar-refractivity contribution in [2.75, 3.05) is 31.7 Å². The Morgan fingerprint density at radius 1 is 0.970 bits per heavy atom. The molecule has 1 atom stereocenters. The fourth-order valence-corrected chi connectivity index (χ4v) is 4.11. The predicted molar refractivity (Wildman–Crippen MR) is 113 cm³/mol. The summed E-state index contributed by atoms with van der Waals surface area (Å²) in [6.07, 6.45) is 0.233. The van der Waals surface area contributed by atoms with Crippen LogP contribution in [-0.2, 0) is 15.1 Å². The smallest absolute Gasteiger partial charge is 0.325 e. The van der Waals surface area contributed by atoms with Crippen LogP contribution in [0.1, 0.15) is 12.0 Å². The van der Waals surface area contributed by atoms with Gasteiger partial charge in [0, 0.05) is 23.7 Å². The van der Waals surface area contributed by atoms with Crippen molar-refractivity contribution in [1.82, 2.24) is 15.5 Å². The molecule has 170 valence electrons. The van der Waals surface area contributed by atoms with E-state index in [4.69, 9.17) is 14.2 Å². The van der Waals surface area contributed by atoms with Gasteiger partial charge in [-0.2, -0.15) is 0 Å². The second-order valence-electron chi connectivity index (χ2n) is 7.68. The van der Waals surface area contributed by atoms with Crippen LogP contribution in [0.25, 0.3) is 0 Å². The molecular formula is C22H20N4O7. The maximum absolute atomic E-state index is 13.2. The molecule has 5 rings (SSSR count). The molecule has 0 aromatic heterocycles. The van der Waals surface area contributed by atoms with Crippen molar-refractivity contribution in [3.63, 3.8) is 0 Å². The highest BCUT2D eigenvalue weighted by molar-refractivity contribution is 6.11. The first-order valence-corrected chi connectivity index (χ1v) is 10.3. The molecule has 3 aliphatic rings. The Kier molecular flexibility index (Phi) is 5.00. The van der Waals surface area contributed by atoms with Crippen LogP contribution >= 0.6 is 0 Å². The van der Waals surface area contributed by atoms with Gasteiger partial charge in [-0.15, -0.1) is 0 Å². The number of urea groups is 2. The molecule has 1 fully saturated rings. The van der Waals surface area contributed by atoms with E-state index in [-0.39, 0.29) is 13.0 Å². The lowest BCUT2D eigenvalue weighted by molar-refractivity contribution is -0.135. The van der Waals surface area contributed by atoms with Crippen LogP contribution in [0.15, 0.2) is 42.5 Å². The van der Waals surface area contributed by atoms with E-state index in [0.717, 1.165) is 4.90 Å². The van der Waals surface area contributed by atoms with Gasteiger partial charge in [0.05, 0.1) is 6.61 Å². The van der Waals surface area contributed by atoms with Crippen molar-refractivity contribution in [1.29, 1.82) is 0 Å². The van der Waals surface area contributed by atoms with Gasteiger partial charge in [0.1, 0.15) is 25.5 Å². The summed E-state index contributed by atoms with van der Waals surface area (Å²) in [5, 5.41) is 7.34. The summed E-state index contributed by atoms with van der Waals surface area (Å²) in [5.41, 5.74) is -0.370. The van der Waals surface area contributed by atoms with Crippen LogP contribution < -0.4 is 30.2 Å². The fourth-order valence-electron chi connectivity index (χ4n) is 4.11. The van der Waals surface area contributed by atoms with Gasteiger partial charge >= 0.3 is 12.1 Å². The Hall–Kier alpha value is -4.28. The summed E-state index contributed by atoms with van der Waals surface area (Å²) in [4.78, 5) is 51.2. The van der Waals surface area contributed by atoms with E-state index >= 15 is 0 Å². The molecule has 3 aliphatic heterocycles. The molecule has 11 nitrogen and oxygen atoms in total. The maximum Gasteiger partial charge on any atom is 0.325 e. The summed E-state index contributed by atoms with van der Waals surface area (Å²) in [6, 6.07) is 10.2. The molecule has 1 unspecified atom stereocenters. The molecule has 1 saturated heterocycles. The zero-order valence-corrected chi connectivity index (χ0v) is 17.4. The van der Waals surface area contributed by atoms with Crippen molar-refractivity contribution in [3.8, 4) is 17.2 Å². The first-order chi connectivity index (χ1) is 16.0. The fraction of sp³-hybridized carbons (Fsp3) is 0.273. The normalized spacial score (nSPS) is 20.5. The molecule has 0 radical (unpaired) electrons. The molecule has 1 spiro atoms. The highest BCUT2D eigenvalue weighted by Gasteiger charge is 2.55. The summed E-state index contributed by atoms with van der Waals surface area (Å²) < 4.78 is 16.5. The van der Waals surface area contributed by atoms with E-state index in [1.165, 1.54) is 0 Å². The summed E-state index contributed by atoms with van der Waals surface area (Å²) in [5.74, 6) is 0.163. The third-order valence-electron chi connectivity index (χ3n) is 5.61. The molecule has 2 aromatic carbocycles. The Morgan fingerprint density at radius 3 is 2.58 bits per heavy atom. The highest BCUT2D eigenvalue weighted by Crippen LogP contribution is 2.40. The summed E-state index contributed by atoms with van der Waals surface area (Å²) >= 11 is 0. The first kappa shape index (κ1) is 20.6. The highest BCUT2D eigenvalue weighted by atomic mass is 16.6. The third-order valence-corrected chi connectivity index (χ3v) is 5.61. The Bertz CT molecular complexity index is 1170. The number of nitrogens with one attached hydrogen (secondary N) is 3. The third kappa shape index (κ3) is 3.67. The number of hydrogen-bond donors (Lipinski definition) is 3. The van der Waals surface area contributed by atoms with E-state index in [2.05, 4.69) is 16.0 Å². The van der Waals surface area contributed by atoms with Crippen molar-refractivity contribution in [2.24, 2.45) is 0 Å². The molecule has 2 aromatic rings. The van der Waals surface area contributed by atoms with Gasteiger partial charge in [-0.1, -0.05) is 18.2 Å². The van der Waals surface area contributed by atoms with E-state index in [0.29, 0.717) is 41.7 Å². The number of amides is 6. The lowest BCUT2D eigenvalue weighted by Crippen LogP contribution is -2.48. The number of carbonyl (C=O) groups is 4. The zero-order valence-electron chi connectivity index (χ0n) is 17.4. The van der Waals surface area contributed by atoms with Crippen LogP contribution in [-0.4, -0.2) is 55.1 Å². The zero-order chi connectivity index (χ0) is 23.0. The quantitative estimate of drug-likeness (QED) is 0.598. The Morgan fingerprint density at radius 2 is 1.73 bits per heavy atom. The van der Waals surface area contributed by atoms with E-state index < -0.39 is 36.0 Å². The number of rotatable bonds is 3. The number of ether oxygens (including phenoxy) is 3. The van der Waals surface area contributed by atoms with Crippen molar-refractivity contribution >= 4 is 29.6 Å². The van der Waals surface area contributed by atoms with Crippen LogP contribution in [0.3, 0.4) is 0 Å². The van der Waals surface area contributed by atoms with Gasteiger partial charge in [-0.05, 0) is 18.2 Å². The topological polar surface area (TPSA) is 135 Å². The summed E-state index contributed by atoms with van der Waals surface area (Å²) in [7, 11) is 0. The molecule has 33 heavy (non-hydrogen) atoms. The number of imide groups is 2. The minimum atomic E-state index is -1.29. The van der Waals surface area contributed by atoms with Gasteiger partial charge in [0.15, 0.2) is 17.0 Å². The van der Waals surface area contributed by atoms with Gasteiger partial charge in [0.2, 0.25) is 5.91 Å². The monoisotopic (exact) mass is 452 g/mol. The molecule has 11 heteroatoms. The number of para-hydroxylation sites is 1. The van der Waals surface area contributed by atoms with Crippen LogP contribution in [0.4, 0.5) is 15.3 Å². The Labute approximate surface area is 188 Å². The van der Waals surface area contributed by atoms with Crippen LogP contribution in [0.2, 0.25) is 0 Å². The minimum absolute atomic E-state index is 0.233. The predicted octanol–water partition coefficient (Wildman–Crippen LogP) is 1.34.